The van der Waals surface area contributed by atoms with Gasteiger partial charge >= 0.3 is 0 Å². The normalized spacial score (nSPS) is 21.1. The summed E-state index contributed by atoms with van der Waals surface area (Å²) in [6, 6.07) is 0.387. The molecule has 0 atom stereocenters. The predicted octanol–water partition coefficient (Wildman–Crippen LogP) is 1.08. The molecule has 0 N–H and O–H groups in total. The van der Waals surface area contributed by atoms with E-state index in [4.69, 9.17) is 0 Å². The van der Waals surface area contributed by atoms with Crippen molar-refractivity contribution in [2.75, 3.05) is 24.6 Å². The molecule has 2 rings (SSSR count). The highest BCUT2D eigenvalue weighted by Crippen LogP contribution is 2.13. The summed E-state index contributed by atoms with van der Waals surface area (Å²) in [5, 5.41) is 0. The summed E-state index contributed by atoms with van der Waals surface area (Å²) in [7, 11) is -2.82. The van der Waals surface area contributed by atoms with Crippen molar-refractivity contribution in [2.24, 2.45) is 0 Å². The molecule has 1 aromatic heterocycles. The van der Waals surface area contributed by atoms with Gasteiger partial charge in [0.15, 0.2) is 9.84 Å². The van der Waals surface area contributed by atoms with E-state index in [0.29, 0.717) is 18.3 Å². The van der Waals surface area contributed by atoms with Crippen LogP contribution in [0.1, 0.15) is 32.0 Å². The van der Waals surface area contributed by atoms with Crippen LogP contribution in [0.4, 0.5) is 0 Å². The SMILES string of the molecule is CC(C)n1cncc1CN1CCCS(=O)(=O)CC1. The van der Waals surface area contributed by atoms with E-state index in [0.717, 1.165) is 25.2 Å². The van der Waals surface area contributed by atoms with E-state index >= 15 is 0 Å². The van der Waals surface area contributed by atoms with Crippen LogP contribution in [0.5, 0.6) is 0 Å². The van der Waals surface area contributed by atoms with Crippen molar-refractivity contribution in [1.82, 2.24) is 14.5 Å². The fourth-order valence-electron chi connectivity index (χ4n) is 2.30. The lowest BCUT2D eigenvalue weighted by atomic mass is 10.3. The number of hydrogen-bond acceptors (Lipinski definition) is 4. The number of hydrogen-bond donors (Lipinski definition) is 0. The third-order valence-electron chi connectivity index (χ3n) is 3.34. The summed E-state index contributed by atoms with van der Waals surface area (Å²) in [6.07, 6.45) is 4.45. The Morgan fingerprint density at radius 2 is 2.11 bits per heavy atom. The second-order valence-electron chi connectivity index (χ2n) is 5.17. The Morgan fingerprint density at radius 1 is 1.33 bits per heavy atom. The maximum atomic E-state index is 11.5. The van der Waals surface area contributed by atoms with Gasteiger partial charge in [0.2, 0.25) is 0 Å². The second-order valence-corrected chi connectivity index (χ2v) is 7.47. The van der Waals surface area contributed by atoms with Gasteiger partial charge in [-0.05, 0) is 26.8 Å². The highest BCUT2D eigenvalue weighted by Gasteiger charge is 2.20. The molecule has 0 aliphatic carbocycles. The van der Waals surface area contributed by atoms with E-state index in [2.05, 4.69) is 28.3 Å². The van der Waals surface area contributed by atoms with Gasteiger partial charge in [-0.2, -0.15) is 0 Å². The Kier molecular flexibility index (Phi) is 4.07. The van der Waals surface area contributed by atoms with E-state index in [-0.39, 0.29) is 5.75 Å². The Hall–Kier alpha value is -0.880. The van der Waals surface area contributed by atoms with Crippen LogP contribution < -0.4 is 0 Å². The molecule has 0 amide bonds. The lowest BCUT2D eigenvalue weighted by molar-refractivity contribution is 0.277. The molecule has 0 spiro atoms. The zero-order valence-corrected chi connectivity index (χ0v) is 11.9. The summed E-state index contributed by atoms with van der Waals surface area (Å²) < 4.78 is 25.2. The summed E-state index contributed by atoms with van der Waals surface area (Å²) >= 11 is 0. The van der Waals surface area contributed by atoms with E-state index < -0.39 is 9.84 Å². The predicted molar refractivity (Wildman–Crippen MR) is 71.2 cm³/mol. The van der Waals surface area contributed by atoms with Gasteiger partial charge < -0.3 is 4.57 Å². The molecule has 1 saturated heterocycles. The fourth-order valence-corrected chi connectivity index (χ4v) is 3.61. The minimum atomic E-state index is -2.82. The first kappa shape index (κ1) is 13.5. The molecule has 5 nitrogen and oxygen atoms in total. The molecular formula is C12H21N3O2S. The van der Waals surface area contributed by atoms with Crippen molar-refractivity contribution >= 4 is 9.84 Å². The van der Waals surface area contributed by atoms with E-state index in [9.17, 15) is 8.42 Å². The molecule has 0 bridgehead atoms. The molecule has 2 heterocycles. The number of sulfone groups is 1. The van der Waals surface area contributed by atoms with Gasteiger partial charge in [-0.3, -0.25) is 4.90 Å². The molecule has 0 saturated carbocycles. The number of aromatic nitrogens is 2. The second kappa shape index (κ2) is 5.40. The zero-order chi connectivity index (χ0) is 13.2. The van der Waals surface area contributed by atoms with Crippen LogP contribution in [0.3, 0.4) is 0 Å². The lowest BCUT2D eigenvalue weighted by Crippen LogP contribution is -2.27. The van der Waals surface area contributed by atoms with Gasteiger partial charge in [0, 0.05) is 25.3 Å². The maximum Gasteiger partial charge on any atom is 0.151 e. The highest BCUT2D eigenvalue weighted by molar-refractivity contribution is 7.91. The molecular weight excluding hydrogens is 250 g/mol. The van der Waals surface area contributed by atoms with Gasteiger partial charge in [0.05, 0.1) is 23.5 Å². The fraction of sp³-hybridized carbons (Fsp3) is 0.750. The molecule has 1 aromatic rings. The maximum absolute atomic E-state index is 11.5. The average Bonchev–Trinajstić information content (AvgIpc) is 2.66. The summed E-state index contributed by atoms with van der Waals surface area (Å²) in [5.74, 6) is 0.607. The van der Waals surface area contributed by atoms with Gasteiger partial charge in [-0.25, -0.2) is 13.4 Å². The molecule has 1 aliphatic rings. The monoisotopic (exact) mass is 271 g/mol. The molecule has 0 radical (unpaired) electrons. The van der Waals surface area contributed by atoms with Crippen molar-refractivity contribution in [3.63, 3.8) is 0 Å². The topological polar surface area (TPSA) is 55.2 Å². The number of rotatable bonds is 3. The van der Waals surface area contributed by atoms with Crippen LogP contribution in [0, 0.1) is 0 Å². The quantitative estimate of drug-likeness (QED) is 0.825. The Bertz CT molecular complexity index is 493. The van der Waals surface area contributed by atoms with Crippen LogP contribution >= 0.6 is 0 Å². The van der Waals surface area contributed by atoms with Gasteiger partial charge in [-0.15, -0.1) is 0 Å². The average molecular weight is 271 g/mol. The zero-order valence-electron chi connectivity index (χ0n) is 11.0. The number of imidazole rings is 1. The van der Waals surface area contributed by atoms with E-state index in [1.54, 1.807) is 0 Å². The smallest absolute Gasteiger partial charge is 0.151 e. The minimum absolute atomic E-state index is 0.281. The first-order valence-corrected chi connectivity index (χ1v) is 8.23. The molecule has 18 heavy (non-hydrogen) atoms. The lowest BCUT2D eigenvalue weighted by Gasteiger charge is -2.21. The number of nitrogens with zero attached hydrogens (tertiary/aromatic N) is 3. The molecule has 0 aromatic carbocycles. The largest absolute Gasteiger partial charge is 0.331 e. The molecule has 1 aliphatic heterocycles. The summed E-state index contributed by atoms with van der Waals surface area (Å²) in [5.41, 5.74) is 1.16. The molecule has 6 heteroatoms. The van der Waals surface area contributed by atoms with Crippen LogP contribution in [0.2, 0.25) is 0 Å². The van der Waals surface area contributed by atoms with Crippen LogP contribution in [-0.4, -0.2) is 47.5 Å². The van der Waals surface area contributed by atoms with Crippen LogP contribution in [-0.2, 0) is 16.4 Å². The van der Waals surface area contributed by atoms with Crippen molar-refractivity contribution in [1.29, 1.82) is 0 Å². The third-order valence-corrected chi connectivity index (χ3v) is 5.05. The Morgan fingerprint density at radius 3 is 2.83 bits per heavy atom. The first-order chi connectivity index (χ1) is 8.48. The van der Waals surface area contributed by atoms with E-state index in [1.165, 1.54) is 0 Å². The Labute approximate surface area is 109 Å². The van der Waals surface area contributed by atoms with Crippen LogP contribution in [0.15, 0.2) is 12.5 Å². The minimum Gasteiger partial charge on any atom is -0.331 e. The van der Waals surface area contributed by atoms with Crippen LogP contribution in [0.25, 0.3) is 0 Å². The van der Waals surface area contributed by atoms with E-state index in [1.807, 2.05) is 12.5 Å². The first-order valence-electron chi connectivity index (χ1n) is 6.41. The Balaban J connectivity index is 2.03. The standard InChI is InChI=1S/C12H21N3O2S/c1-11(2)15-10-13-8-12(15)9-14-4-3-6-18(16,17)7-5-14/h8,10-11H,3-7,9H2,1-2H3. The third kappa shape index (κ3) is 3.32. The van der Waals surface area contributed by atoms with Crippen molar-refractivity contribution in [3.8, 4) is 0 Å². The highest BCUT2D eigenvalue weighted by atomic mass is 32.2. The summed E-state index contributed by atoms with van der Waals surface area (Å²) in [4.78, 5) is 6.39. The van der Waals surface area contributed by atoms with Crippen molar-refractivity contribution in [3.05, 3.63) is 18.2 Å². The van der Waals surface area contributed by atoms with Gasteiger partial charge in [-0.1, -0.05) is 0 Å². The van der Waals surface area contributed by atoms with Crippen molar-refractivity contribution in [2.45, 2.75) is 32.9 Å². The van der Waals surface area contributed by atoms with Crippen molar-refractivity contribution < 1.29 is 8.42 Å². The molecule has 0 unspecified atom stereocenters. The summed E-state index contributed by atoms with van der Waals surface area (Å²) in [6.45, 7) is 6.51. The molecule has 1 fully saturated rings. The molecule has 102 valence electrons. The van der Waals surface area contributed by atoms with Gasteiger partial charge in [0.1, 0.15) is 0 Å². The van der Waals surface area contributed by atoms with Gasteiger partial charge in [0.25, 0.3) is 0 Å².